The van der Waals surface area contributed by atoms with Crippen LogP contribution in [0.25, 0.3) is 0 Å². The predicted molar refractivity (Wildman–Crippen MR) is 58.0 cm³/mol. The fourth-order valence-electron chi connectivity index (χ4n) is 1.00. The second-order valence-corrected chi connectivity index (χ2v) is 4.24. The molecular formula is C8H8BrNO2S. The quantitative estimate of drug-likeness (QED) is 0.620. The van der Waals surface area contributed by atoms with E-state index in [1.165, 1.54) is 6.07 Å². The van der Waals surface area contributed by atoms with Crippen molar-refractivity contribution in [2.45, 2.75) is 5.75 Å². The first-order valence-electron chi connectivity index (χ1n) is 3.57. The minimum absolute atomic E-state index is 0.192. The maximum absolute atomic E-state index is 10.6. The summed E-state index contributed by atoms with van der Waals surface area (Å²) in [5, 5.41) is 10.6. The third-order valence-corrected chi connectivity index (χ3v) is 2.63. The molecule has 1 aromatic rings. The van der Waals surface area contributed by atoms with Crippen molar-refractivity contribution in [2.75, 3.05) is 6.26 Å². The number of nitro benzene ring substituents is 1. The number of thioether (sulfide) groups is 1. The van der Waals surface area contributed by atoms with Gasteiger partial charge in [0.05, 0.1) is 4.92 Å². The van der Waals surface area contributed by atoms with Crippen molar-refractivity contribution in [3.63, 3.8) is 0 Å². The Hall–Kier alpha value is -0.550. The molecule has 0 atom stereocenters. The van der Waals surface area contributed by atoms with Crippen molar-refractivity contribution in [3.05, 3.63) is 38.3 Å². The monoisotopic (exact) mass is 261 g/mol. The van der Waals surface area contributed by atoms with Gasteiger partial charge in [0.25, 0.3) is 5.69 Å². The second kappa shape index (κ2) is 4.62. The Labute approximate surface area is 88.8 Å². The number of hydrogen-bond donors (Lipinski definition) is 0. The van der Waals surface area contributed by atoms with Gasteiger partial charge in [-0.2, -0.15) is 11.8 Å². The highest BCUT2D eigenvalue weighted by Crippen LogP contribution is 2.25. The van der Waals surface area contributed by atoms with Crippen LogP contribution < -0.4 is 0 Å². The molecule has 0 heterocycles. The summed E-state index contributed by atoms with van der Waals surface area (Å²) in [7, 11) is 0. The average Bonchev–Trinajstić information content (AvgIpc) is 2.04. The smallest absolute Gasteiger partial charge is 0.258 e. The summed E-state index contributed by atoms with van der Waals surface area (Å²) in [5.74, 6) is 0.662. The molecule has 0 bridgehead atoms. The molecule has 1 rings (SSSR count). The fraction of sp³-hybridized carbons (Fsp3) is 0.250. The average molecular weight is 262 g/mol. The molecule has 13 heavy (non-hydrogen) atoms. The lowest BCUT2D eigenvalue weighted by Gasteiger charge is -2.00. The van der Waals surface area contributed by atoms with Crippen LogP contribution in [0.4, 0.5) is 5.69 Å². The van der Waals surface area contributed by atoms with E-state index in [1.54, 1.807) is 23.9 Å². The molecule has 0 aromatic heterocycles. The van der Waals surface area contributed by atoms with E-state index in [4.69, 9.17) is 0 Å². The Bertz CT molecular complexity index is 330. The zero-order valence-electron chi connectivity index (χ0n) is 6.99. The van der Waals surface area contributed by atoms with Gasteiger partial charge in [-0.15, -0.1) is 0 Å². The molecule has 3 nitrogen and oxygen atoms in total. The molecule has 5 heteroatoms. The minimum atomic E-state index is -0.349. The summed E-state index contributed by atoms with van der Waals surface area (Å²) in [6.07, 6.45) is 1.92. The van der Waals surface area contributed by atoms with Crippen LogP contribution in [0.1, 0.15) is 5.56 Å². The third kappa shape index (κ3) is 2.70. The highest BCUT2D eigenvalue weighted by molar-refractivity contribution is 9.10. The van der Waals surface area contributed by atoms with Gasteiger partial charge in [0.15, 0.2) is 0 Å². The SMILES string of the molecule is CSCc1cc(Br)ccc1[N+](=O)[O-]. The van der Waals surface area contributed by atoms with Gasteiger partial charge in [-0.1, -0.05) is 15.9 Å². The van der Waals surface area contributed by atoms with E-state index in [-0.39, 0.29) is 10.6 Å². The van der Waals surface area contributed by atoms with Crippen molar-refractivity contribution >= 4 is 33.4 Å². The zero-order chi connectivity index (χ0) is 9.84. The number of rotatable bonds is 3. The molecule has 0 radical (unpaired) electrons. The number of benzene rings is 1. The summed E-state index contributed by atoms with van der Waals surface area (Å²) in [5.41, 5.74) is 0.949. The first-order chi connectivity index (χ1) is 6.15. The van der Waals surface area contributed by atoms with E-state index in [1.807, 2.05) is 6.26 Å². The minimum Gasteiger partial charge on any atom is -0.258 e. The van der Waals surface area contributed by atoms with E-state index in [2.05, 4.69) is 15.9 Å². The number of hydrogen-bond acceptors (Lipinski definition) is 3. The summed E-state index contributed by atoms with van der Waals surface area (Å²) in [6.45, 7) is 0. The molecule has 1 aromatic carbocycles. The normalized spacial score (nSPS) is 10.0. The summed E-state index contributed by atoms with van der Waals surface area (Å²) < 4.78 is 0.877. The molecule has 0 spiro atoms. The van der Waals surface area contributed by atoms with E-state index in [9.17, 15) is 10.1 Å². The lowest BCUT2D eigenvalue weighted by molar-refractivity contribution is -0.385. The fourth-order valence-corrected chi connectivity index (χ4v) is 1.95. The lowest BCUT2D eigenvalue weighted by Crippen LogP contribution is -1.93. The molecular weight excluding hydrogens is 254 g/mol. The van der Waals surface area contributed by atoms with Crippen LogP contribution >= 0.6 is 27.7 Å². The van der Waals surface area contributed by atoms with Crippen LogP contribution in [-0.2, 0) is 5.75 Å². The van der Waals surface area contributed by atoms with E-state index in [0.29, 0.717) is 5.75 Å². The zero-order valence-corrected chi connectivity index (χ0v) is 9.39. The van der Waals surface area contributed by atoms with Gasteiger partial charge in [-0.25, -0.2) is 0 Å². The number of nitrogens with zero attached hydrogens (tertiary/aromatic N) is 1. The molecule has 0 aliphatic heterocycles. The van der Waals surface area contributed by atoms with Gasteiger partial charge in [0.2, 0.25) is 0 Å². The van der Waals surface area contributed by atoms with Gasteiger partial charge < -0.3 is 0 Å². The number of nitro groups is 1. The number of halogens is 1. The topological polar surface area (TPSA) is 43.1 Å². The first kappa shape index (κ1) is 10.5. The van der Waals surface area contributed by atoms with Crippen LogP contribution in [0.3, 0.4) is 0 Å². The largest absolute Gasteiger partial charge is 0.273 e. The maximum atomic E-state index is 10.6. The Morgan fingerprint density at radius 3 is 2.85 bits per heavy atom. The second-order valence-electron chi connectivity index (χ2n) is 2.46. The van der Waals surface area contributed by atoms with Crippen LogP contribution in [-0.4, -0.2) is 11.2 Å². The third-order valence-electron chi connectivity index (χ3n) is 1.54. The van der Waals surface area contributed by atoms with Gasteiger partial charge in [0, 0.05) is 21.9 Å². The Morgan fingerprint density at radius 1 is 1.62 bits per heavy atom. The van der Waals surface area contributed by atoms with Gasteiger partial charge >= 0.3 is 0 Å². The van der Waals surface area contributed by atoms with E-state index in [0.717, 1.165) is 10.0 Å². The van der Waals surface area contributed by atoms with Crippen molar-refractivity contribution in [1.29, 1.82) is 0 Å². The summed E-state index contributed by atoms with van der Waals surface area (Å²) in [6, 6.07) is 4.99. The van der Waals surface area contributed by atoms with E-state index < -0.39 is 0 Å². The Balaban J connectivity index is 3.10. The van der Waals surface area contributed by atoms with Crippen LogP contribution in [0.15, 0.2) is 22.7 Å². The lowest BCUT2D eigenvalue weighted by atomic mass is 10.2. The first-order valence-corrected chi connectivity index (χ1v) is 5.75. The molecule has 0 aliphatic rings. The van der Waals surface area contributed by atoms with Crippen LogP contribution in [0.5, 0.6) is 0 Å². The molecule has 0 saturated carbocycles. The predicted octanol–water partition coefficient (Wildman–Crippen LogP) is 3.22. The van der Waals surface area contributed by atoms with Crippen molar-refractivity contribution in [3.8, 4) is 0 Å². The van der Waals surface area contributed by atoms with E-state index >= 15 is 0 Å². The highest BCUT2D eigenvalue weighted by Gasteiger charge is 2.12. The standard InChI is InChI=1S/C8H8BrNO2S/c1-13-5-6-4-7(9)2-3-8(6)10(11)12/h2-4H,5H2,1H3. The molecule has 70 valence electrons. The molecule has 0 saturated heterocycles. The molecule has 0 fully saturated rings. The van der Waals surface area contributed by atoms with Crippen molar-refractivity contribution < 1.29 is 4.92 Å². The highest BCUT2D eigenvalue weighted by atomic mass is 79.9. The van der Waals surface area contributed by atoms with Gasteiger partial charge in [-0.3, -0.25) is 10.1 Å². The molecule has 0 aliphatic carbocycles. The molecule has 0 unspecified atom stereocenters. The van der Waals surface area contributed by atoms with Crippen LogP contribution in [0, 0.1) is 10.1 Å². The molecule has 0 N–H and O–H groups in total. The van der Waals surface area contributed by atoms with Crippen LogP contribution in [0.2, 0.25) is 0 Å². The summed E-state index contributed by atoms with van der Waals surface area (Å²) >= 11 is 4.85. The summed E-state index contributed by atoms with van der Waals surface area (Å²) in [4.78, 5) is 10.2. The maximum Gasteiger partial charge on any atom is 0.273 e. The van der Waals surface area contributed by atoms with Gasteiger partial charge in [0.1, 0.15) is 0 Å². The molecule has 0 amide bonds. The Morgan fingerprint density at radius 2 is 2.31 bits per heavy atom. The van der Waals surface area contributed by atoms with Crippen molar-refractivity contribution in [2.24, 2.45) is 0 Å². The Kier molecular flexibility index (Phi) is 3.74. The van der Waals surface area contributed by atoms with Crippen molar-refractivity contribution in [1.82, 2.24) is 0 Å². The van der Waals surface area contributed by atoms with Gasteiger partial charge in [-0.05, 0) is 18.4 Å².